The Bertz CT molecular complexity index is 1060. The Kier molecular flexibility index (Phi) is 5.23. The quantitative estimate of drug-likeness (QED) is 0.681. The molecule has 0 aliphatic rings. The number of benzene rings is 2. The van der Waals surface area contributed by atoms with Crippen LogP contribution in [0.25, 0.3) is 11.3 Å². The Morgan fingerprint density at radius 3 is 2.41 bits per heavy atom. The van der Waals surface area contributed by atoms with Crippen molar-refractivity contribution in [2.45, 2.75) is 11.8 Å². The smallest absolute Gasteiger partial charge is 0.337 e. The minimum atomic E-state index is -3.84. The fourth-order valence-corrected chi connectivity index (χ4v) is 3.61. The highest BCUT2D eigenvalue weighted by Gasteiger charge is 2.19. The summed E-state index contributed by atoms with van der Waals surface area (Å²) in [7, 11) is -2.57. The molecule has 1 heterocycles. The number of sulfonamides is 1. The molecule has 27 heavy (non-hydrogen) atoms. The van der Waals surface area contributed by atoms with E-state index in [2.05, 4.69) is 9.71 Å². The summed E-state index contributed by atoms with van der Waals surface area (Å²) in [4.78, 5) is 16.3. The number of hydrogen-bond acceptors (Lipinski definition) is 5. The first kappa shape index (κ1) is 18.6. The number of nitrogens with zero attached hydrogens (tertiary/aromatic N) is 1. The van der Waals surface area contributed by atoms with E-state index in [1.165, 1.54) is 25.3 Å². The molecule has 0 amide bonds. The van der Waals surface area contributed by atoms with E-state index in [0.717, 1.165) is 5.56 Å². The van der Waals surface area contributed by atoms with Crippen LogP contribution in [0.15, 0.2) is 71.8 Å². The summed E-state index contributed by atoms with van der Waals surface area (Å²) in [5.41, 5.74) is 2.57. The van der Waals surface area contributed by atoms with Crippen molar-refractivity contribution in [2.24, 2.45) is 0 Å². The van der Waals surface area contributed by atoms with Gasteiger partial charge in [0.05, 0.1) is 29.0 Å². The summed E-state index contributed by atoms with van der Waals surface area (Å²) in [6, 6.07) is 16.5. The van der Waals surface area contributed by atoms with Crippen LogP contribution in [0.1, 0.15) is 15.9 Å². The number of rotatable bonds is 5. The lowest BCUT2D eigenvalue weighted by molar-refractivity contribution is 0.0601. The third-order valence-corrected chi connectivity index (χ3v) is 5.34. The fourth-order valence-electron chi connectivity index (χ4n) is 2.54. The molecule has 0 spiro atoms. The summed E-state index contributed by atoms with van der Waals surface area (Å²) in [6.07, 6.45) is 1.61. The molecule has 0 aliphatic heterocycles. The van der Waals surface area contributed by atoms with Crippen molar-refractivity contribution in [1.29, 1.82) is 0 Å². The van der Waals surface area contributed by atoms with E-state index in [4.69, 9.17) is 4.74 Å². The van der Waals surface area contributed by atoms with Crippen LogP contribution in [-0.2, 0) is 14.8 Å². The van der Waals surface area contributed by atoms with Crippen molar-refractivity contribution in [1.82, 2.24) is 4.98 Å². The zero-order valence-electron chi connectivity index (χ0n) is 14.8. The molecule has 138 valence electrons. The zero-order chi connectivity index (χ0) is 19.4. The van der Waals surface area contributed by atoms with E-state index in [9.17, 15) is 13.2 Å². The van der Waals surface area contributed by atoms with Crippen LogP contribution in [0.5, 0.6) is 0 Å². The van der Waals surface area contributed by atoms with E-state index < -0.39 is 16.0 Å². The number of esters is 1. The monoisotopic (exact) mass is 382 g/mol. The highest BCUT2D eigenvalue weighted by atomic mass is 32.2. The fraction of sp³-hybridized carbons (Fsp3) is 0.100. The molecule has 0 radical (unpaired) electrons. The maximum absolute atomic E-state index is 12.8. The highest BCUT2D eigenvalue weighted by molar-refractivity contribution is 7.92. The molecule has 0 saturated heterocycles. The number of methoxy groups -OCH3 is 1. The predicted octanol–water partition coefficient (Wildman–Crippen LogP) is 3.64. The molecule has 1 aromatic heterocycles. The summed E-state index contributed by atoms with van der Waals surface area (Å²) in [6.45, 7) is 1.88. The second-order valence-corrected chi connectivity index (χ2v) is 7.57. The average Bonchev–Trinajstić information content (AvgIpc) is 2.68. The molecule has 2 aromatic carbocycles. The lowest BCUT2D eigenvalue weighted by atomic mass is 10.1. The maximum Gasteiger partial charge on any atom is 0.337 e. The van der Waals surface area contributed by atoms with Crippen LogP contribution < -0.4 is 4.72 Å². The molecule has 0 saturated carbocycles. The normalized spacial score (nSPS) is 11.0. The third kappa shape index (κ3) is 4.15. The summed E-state index contributed by atoms with van der Waals surface area (Å²) in [5.74, 6) is -0.557. The van der Waals surface area contributed by atoms with Crippen molar-refractivity contribution >= 4 is 21.7 Å². The maximum atomic E-state index is 12.8. The first-order chi connectivity index (χ1) is 12.9. The highest BCUT2D eigenvalue weighted by Crippen LogP contribution is 2.30. The second-order valence-electron chi connectivity index (χ2n) is 5.89. The van der Waals surface area contributed by atoms with E-state index in [0.29, 0.717) is 11.3 Å². The van der Waals surface area contributed by atoms with Crippen LogP contribution in [0.4, 0.5) is 5.69 Å². The van der Waals surface area contributed by atoms with Crippen molar-refractivity contribution in [3.63, 3.8) is 0 Å². The van der Waals surface area contributed by atoms with Crippen LogP contribution in [-0.4, -0.2) is 26.5 Å². The van der Waals surface area contributed by atoms with Gasteiger partial charge in [0.15, 0.2) is 0 Å². The standard InChI is InChI=1S/C20H18N2O4S/c1-14-6-9-16(10-7-14)27(24,25)22-19-13-15(20(23)26-2)8-11-17(19)18-5-3-4-12-21-18/h3-13,22H,1-2H3. The predicted molar refractivity (Wildman–Crippen MR) is 103 cm³/mol. The van der Waals surface area contributed by atoms with Crippen LogP contribution in [0.2, 0.25) is 0 Å². The second kappa shape index (κ2) is 7.59. The molecule has 7 heteroatoms. The van der Waals surface area contributed by atoms with Gasteiger partial charge in [-0.15, -0.1) is 0 Å². The number of ether oxygens (including phenoxy) is 1. The lowest BCUT2D eigenvalue weighted by Gasteiger charge is -2.14. The van der Waals surface area contributed by atoms with Crippen molar-refractivity contribution in [3.05, 3.63) is 78.0 Å². The summed E-state index contributed by atoms with van der Waals surface area (Å²) in [5, 5.41) is 0. The van der Waals surface area contributed by atoms with Gasteiger partial charge in [0.2, 0.25) is 0 Å². The van der Waals surface area contributed by atoms with Gasteiger partial charge in [0, 0.05) is 11.8 Å². The van der Waals surface area contributed by atoms with Crippen LogP contribution >= 0.6 is 0 Å². The summed E-state index contributed by atoms with van der Waals surface area (Å²) >= 11 is 0. The van der Waals surface area contributed by atoms with Crippen molar-refractivity contribution < 1.29 is 17.9 Å². The molecular formula is C20H18N2O4S. The van der Waals surface area contributed by atoms with Gasteiger partial charge in [0.25, 0.3) is 10.0 Å². The number of pyridine rings is 1. The van der Waals surface area contributed by atoms with Gasteiger partial charge in [-0.05, 0) is 49.4 Å². The van der Waals surface area contributed by atoms with Gasteiger partial charge < -0.3 is 4.74 Å². The lowest BCUT2D eigenvalue weighted by Crippen LogP contribution is -2.14. The van der Waals surface area contributed by atoms with Gasteiger partial charge >= 0.3 is 5.97 Å². The Morgan fingerprint density at radius 1 is 1.04 bits per heavy atom. The van der Waals surface area contributed by atoms with Crippen molar-refractivity contribution in [3.8, 4) is 11.3 Å². The van der Waals surface area contributed by atoms with E-state index in [1.807, 2.05) is 6.92 Å². The van der Waals surface area contributed by atoms with Crippen LogP contribution in [0.3, 0.4) is 0 Å². The topological polar surface area (TPSA) is 85.4 Å². The Morgan fingerprint density at radius 2 is 1.78 bits per heavy atom. The molecule has 0 fully saturated rings. The molecule has 0 bridgehead atoms. The molecular weight excluding hydrogens is 364 g/mol. The Labute approximate surface area is 157 Å². The number of carbonyl (C=O) groups is 1. The van der Waals surface area contributed by atoms with E-state index in [1.54, 1.807) is 48.7 Å². The molecule has 3 rings (SSSR count). The number of nitrogens with one attached hydrogen (secondary N) is 1. The van der Waals surface area contributed by atoms with E-state index >= 15 is 0 Å². The van der Waals surface area contributed by atoms with Gasteiger partial charge in [-0.3, -0.25) is 9.71 Å². The molecule has 6 nitrogen and oxygen atoms in total. The SMILES string of the molecule is COC(=O)c1ccc(-c2ccccn2)c(NS(=O)(=O)c2ccc(C)cc2)c1. The first-order valence-electron chi connectivity index (χ1n) is 8.14. The van der Waals surface area contributed by atoms with Gasteiger partial charge in [-0.25, -0.2) is 13.2 Å². The number of hydrogen-bond donors (Lipinski definition) is 1. The third-order valence-electron chi connectivity index (χ3n) is 3.96. The summed E-state index contributed by atoms with van der Waals surface area (Å²) < 4.78 is 32.9. The van der Waals surface area contributed by atoms with Gasteiger partial charge in [0.1, 0.15) is 0 Å². The molecule has 0 unspecified atom stereocenters. The van der Waals surface area contributed by atoms with Gasteiger partial charge in [-0.1, -0.05) is 23.8 Å². The number of aryl methyl sites for hydroxylation is 1. The molecule has 0 atom stereocenters. The number of aromatic nitrogens is 1. The molecule has 3 aromatic rings. The average molecular weight is 382 g/mol. The van der Waals surface area contributed by atoms with Crippen molar-refractivity contribution in [2.75, 3.05) is 11.8 Å². The Balaban J connectivity index is 2.08. The number of carbonyl (C=O) groups excluding carboxylic acids is 1. The molecule has 1 N–H and O–H groups in total. The van der Waals surface area contributed by atoms with Gasteiger partial charge in [-0.2, -0.15) is 0 Å². The number of anilines is 1. The minimum absolute atomic E-state index is 0.128. The van der Waals surface area contributed by atoms with Crippen LogP contribution in [0, 0.1) is 6.92 Å². The zero-order valence-corrected chi connectivity index (χ0v) is 15.7. The minimum Gasteiger partial charge on any atom is -0.465 e. The Hall–Kier alpha value is -3.19. The molecule has 0 aliphatic carbocycles. The van der Waals surface area contributed by atoms with E-state index in [-0.39, 0.29) is 16.1 Å². The largest absolute Gasteiger partial charge is 0.465 e. The first-order valence-corrected chi connectivity index (χ1v) is 9.62.